The normalized spacial score (nSPS) is 12.0. The zero-order valence-corrected chi connectivity index (χ0v) is 20.0. The van der Waals surface area contributed by atoms with E-state index in [9.17, 15) is 14.4 Å². The van der Waals surface area contributed by atoms with Crippen LogP contribution in [0.15, 0.2) is 36.1 Å². The zero-order chi connectivity index (χ0) is 24.1. The fourth-order valence-corrected chi connectivity index (χ4v) is 1.96. The molecule has 6 heteroatoms. The molecule has 0 atom stereocenters. The van der Waals surface area contributed by atoms with E-state index in [4.69, 9.17) is 14.6 Å². The summed E-state index contributed by atoms with van der Waals surface area (Å²) in [5.41, 5.74) is -0.0627. The maximum atomic E-state index is 11.5. The fourth-order valence-electron chi connectivity index (χ4n) is 1.96. The molecular formula is C24H40O6. The highest BCUT2D eigenvalue weighted by Crippen LogP contribution is 2.26. The minimum atomic E-state index is -1.06. The van der Waals surface area contributed by atoms with Gasteiger partial charge in [0.05, 0.1) is 5.57 Å². The van der Waals surface area contributed by atoms with Crippen LogP contribution in [0.25, 0.3) is 0 Å². The van der Waals surface area contributed by atoms with Gasteiger partial charge in [0.1, 0.15) is 11.4 Å². The smallest absolute Gasteiger partial charge is 0.335 e. The number of allylic oxidation sites excluding steroid dienone is 1. The van der Waals surface area contributed by atoms with E-state index in [-0.39, 0.29) is 22.7 Å². The molecule has 0 rings (SSSR count). The third-order valence-electron chi connectivity index (χ3n) is 3.94. The molecule has 0 aliphatic rings. The molecule has 0 aromatic heterocycles. The van der Waals surface area contributed by atoms with Gasteiger partial charge in [-0.2, -0.15) is 0 Å². The summed E-state index contributed by atoms with van der Waals surface area (Å²) < 4.78 is 10.1. The van der Waals surface area contributed by atoms with Gasteiger partial charge in [-0.3, -0.25) is 0 Å². The molecule has 172 valence electrons. The first-order valence-corrected chi connectivity index (χ1v) is 10.3. The van der Waals surface area contributed by atoms with Gasteiger partial charge in [0.25, 0.3) is 0 Å². The van der Waals surface area contributed by atoms with Gasteiger partial charge in [0.15, 0.2) is 0 Å². The molecular weight excluding hydrogens is 384 g/mol. The number of carboxylic acids is 1. The van der Waals surface area contributed by atoms with Crippen LogP contribution in [-0.4, -0.2) is 28.6 Å². The predicted molar refractivity (Wildman–Crippen MR) is 120 cm³/mol. The maximum Gasteiger partial charge on any atom is 0.335 e. The Balaban J connectivity index is 0. The van der Waals surface area contributed by atoms with E-state index in [1.165, 1.54) is 6.92 Å². The number of aliphatic carboxylic acids is 1. The molecule has 0 radical (unpaired) electrons. The third kappa shape index (κ3) is 14.6. The van der Waals surface area contributed by atoms with Crippen molar-refractivity contribution in [2.24, 2.45) is 5.41 Å². The minimum Gasteiger partial charge on any atom is -0.478 e. The van der Waals surface area contributed by atoms with Crippen LogP contribution in [0.3, 0.4) is 0 Å². The molecule has 0 spiro atoms. The first kappa shape index (κ1) is 29.8. The summed E-state index contributed by atoms with van der Waals surface area (Å²) in [5.74, 6) is -1.75. The van der Waals surface area contributed by atoms with Crippen molar-refractivity contribution in [2.45, 2.75) is 93.1 Å². The number of rotatable bonds is 9. The van der Waals surface area contributed by atoms with Crippen molar-refractivity contribution in [3.05, 3.63) is 36.1 Å². The molecule has 0 aromatic carbocycles. The van der Waals surface area contributed by atoms with Crippen LogP contribution in [0.2, 0.25) is 0 Å². The standard InChI is InChI=1S/C13H20O4.C11H20O2/c1-4-6-7-8-9-11(10(3)13(15)16)17-12(14)5-2;1-8(10(2,3)4)9(12)13-11(5,6)7/h5H,2,4,6-9H2,1,3H3,(H,15,16);1H2,2-7H3. The lowest BCUT2D eigenvalue weighted by Crippen LogP contribution is -2.28. The Kier molecular flexibility index (Phi) is 13.7. The van der Waals surface area contributed by atoms with Crippen molar-refractivity contribution >= 4 is 17.9 Å². The van der Waals surface area contributed by atoms with Crippen molar-refractivity contribution in [3.8, 4) is 0 Å². The predicted octanol–water partition coefficient (Wildman–Crippen LogP) is 5.98. The van der Waals surface area contributed by atoms with Gasteiger partial charge < -0.3 is 14.6 Å². The van der Waals surface area contributed by atoms with Crippen molar-refractivity contribution in [1.82, 2.24) is 0 Å². The first-order valence-electron chi connectivity index (χ1n) is 10.3. The average molecular weight is 425 g/mol. The third-order valence-corrected chi connectivity index (χ3v) is 3.94. The first-order chi connectivity index (χ1) is 13.6. The summed E-state index contributed by atoms with van der Waals surface area (Å²) in [6.45, 7) is 21.9. The Morgan fingerprint density at radius 2 is 1.53 bits per heavy atom. The molecule has 0 aliphatic carbocycles. The summed E-state index contributed by atoms with van der Waals surface area (Å²) in [4.78, 5) is 33.4. The molecule has 0 aliphatic heterocycles. The fraction of sp³-hybridized carbons (Fsp3) is 0.625. The Morgan fingerprint density at radius 3 is 1.90 bits per heavy atom. The van der Waals surface area contributed by atoms with E-state index in [1.54, 1.807) is 0 Å². The molecule has 0 saturated carbocycles. The summed E-state index contributed by atoms with van der Waals surface area (Å²) >= 11 is 0. The van der Waals surface area contributed by atoms with Gasteiger partial charge in [0, 0.05) is 18.1 Å². The number of esters is 2. The lowest BCUT2D eigenvalue weighted by atomic mass is 9.87. The van der Waals surface area contributed by atoms with E-state index >= 15 is 0 Å². The number of hydrogen-bond donors (Lipinski definition) is 1. The number of hydrogen-bond acceptors (Lipinski definition) is 5. The van der Waals surface area contributed by atoms with Gasteiger partial charge in [-0.25, -0.2) is 14.4 Å². The summed E-state index contributed by atoms with van der Waals surface area (Å²) in [5, 5.41) is 8.87. The van der Waals surface area contributed by atoms with E-state index in [0.717, 1.165) is 31.8 Å². The van der Waals surface area contributed by atoms with Crippen LogP contribution in [0.1, 0.15) is 87.5 Å². The Bertz CT molecular complexity index is 642. The molecule has 6 nitrogen and oxygen atoms in total. The topological polar surface area (TPSA) is 89.9 Å². The number of carboxylic acid groups (broad SMARTS) is 1. The van der Waals surface area contributed by atoms with Crippen LogP contribution in [0.5, 0.6) is 0 Å². The number of carbonyl (C=O) groups excluding carboxylic acids is 2. The van der Waals surface area contributed by atoms with Crippen molar-refractivity contribution in [2.75, 3.05) is 0 Å². The van der Waals surface area contributed by atoms with Crippen molar-refractivity contribution in [1.29, 1.82) is 0 Å². The van der Waals surface area contributed by atoms with Crippen LogP contribution < -0.4 is 0 Å². The summed E-state index contributed by atoms with van der Waals surface area (Å²) in [6.07, 6.45) is 5.51. The summed E-state index contributed by atoms with van der Waals surface area (Å²) in [7, 11) is 0. The van der Waals surface area contributed by atoms with E-state index < -0.39 is 17.5 Å². The van der Waals surface area contributed by atoms with Gasteiger partial charge in [0.2, 0.25) is 0 Å². The zero-order valence-electron chi connectivity index (χ0n) is 20.0. The monoisotopic (exact) mass is 424 g/mol. The number of ether oxygens (including phenoxy) is 2. The number of carbonyl (C=O) groups is 3. The van der Waals surface area contributed by atoms with Gasteiger partial charge in [-0.15, -0.1) is 0 Å². The largest absolute Gasteiger partial charge is 0.478 e. The molecule has 30 heavy (non-hydrogen) atoms. The molecule has 0 heterocycles. The lowest BCUT2D eigenvalue weighted by molar-refractivity contribution is -0.151. The van der Waals surface area contributed by atoms with Gasteiger partial charge >= 0.3 is 17.9 Å². The van der Waals surface area contributed by atoms with E-state index in [1.807, 2.05) is 41.5 Å². The van der Waals surface area contributed by atoms with E-state index in [0.29, 0.717) is 12.0 Å². The highest BCUT2D eigenvalue weighted by molar-refractivity contribution is 5.89. The quantitative estimate of drug-likeness (QED) is 0.212. The van der Waals surface area contributed by atoms with Gasteiger partial charge in [-0.05, 0) is 39.5 Å². The minimum absolute atomic E-state index is 0.0803. The average Bonchev–Trinajstić information content (AvgIpc) is 2.60. The highest BCUT2D eigenvalue weighted by atomic mass is 16.6. The molecule has 0 aromatic rings. The lowest BCUT2D eigenvalue weighted by Gasteiger charge is -2.25. The Labute approximate surface area is 182 Å². The second kappa shape index (κ2) is 13.8. The molecule has 1 N–H and O–H groups in total. The van der Waals surface area contributed by atoms with Gasteiger partial charge in [-0.1, -0.05) is 60.1 Å². The maximum absolute atomic E-state index is 11.5. The van der Waals surface area contributed by atoms with Crippen molar-refractivity contribution in [3.63, 3.8) is 0 Å². The van der Waals surface area contributed by atoms with Crippen LogP contribution >= 0.6 is 0 Å². The summed E-state index contributed by atoms with van der Waals surface area (Å²) in [6, 6.07) is 0. The molecule has 0 bridgehead atoms. The van der Waals surface area contributed by atoms with Crippen LogP contribution in [0.4, 0.5) is 0 Å². The second-order valence-electron chi connectivity index (χ2n) is 9.02. The Hall–Kier alpha value is -2.37. The Morgan fingerprint density at radius 1 is 1.00 bits per heavy atom. The molecule has 0 unspecified atom stereocenters. The SMILES string of the molecule is C=C(C(=O)OC(C)(C)C)C(C)(C)C.C=CC(=O)OC(CCCCCC)=C(C)C(=O)O. The molecule has 0 saturated heterocycles. The van der Waals surface area contributed by atoms with Crippen LogP contribution in [0, 0.1) is 5.41 Å². The molecule has 0 fully saturated rings. The molecule has 0 amide bonds. The van der Waals surface area contributed by atoms with E-state index in [2.05, 4.69) is 20.1 Å². The number of unbranched alkanes of at least 4 members (excludes halogenated alkanes) is 3. The second-order valence-corrected chi connectivity index (χ2v) is 9.02. The highest BCUT2D eigenvalue weighted by Gasteiger charge is 2.26. The van der Waals surface area contributed by atoms with Crippen LogP contribution in [-0.2, 0) is 23.9 Å². The van der Waals surface area contributed by atoms with Crippen molar-refractivity contribution < 1.29 is 29.0 Å².